The van der Waals surface area contributed by atoms with Crippen molar-refractivity contribution in [3.8, 4) is 0 Å². The highest BCUT2D eigenvalue weighted by Crippen LogP contribution is 2.48. The minimum atomic E-state index is 0.514. The van der Waals surface area contributed by atoms with Gasteiger partial charge in [0, 0.05) is 10.00 Å². The Balaban J connectivity index is 0.000000390. The fraction of sp³-hybridized carbons (Fsp3) is 1.00. The lowest BCUT2D eigenvalue weighted by atomic mass is 9.72. The summed E-state index contributed by atoms with van der Waals surface area (Å²) in [7, 11) is 0. The summed E-state index contributed by atoms with van der Waals surface area (Å²) in [5.74, 6) is 2.97. The first-order chi connectivity index (χ1) is 13.7. The summed E-state index contributed by atoms with van der Waals surface area (Å²) in [5, 5.41) is 0.936. The summed E-state index contributed by atoms with van der Waals surface area (Å²) < 4.78 is 0.514. The molecule has 3 fully saturated rings. The Morgan fingerprint density at radius 1 is 0.552 bits per heavy atom. The summed E-state index contributed by atoms with van der Waals surface area (Å²) in [6.07, 6.45) is 20.7. The van der Waals surface area contributed by atoms with Gasteiger partial charge in [-0.15, -0.1) is 0 Å². The molecule has 0 aromatic carbocycles. The Morgan fingerprint density at radius 2 is 1.00 bits per heavy atom. The van der Waals surface area contributed by atoms with E-state index in [1.54, 1.807) is 0 Å². The predicted molar refractivity (Wildman–Crippen MR) is 137 cm³/mol. The van der Waals surface area contributed by atoms with Gasteiger partial charge in [0.2, 0.25) is 0 Å². The molecule has 3 rings (SSSR count). The van der Waals surface area contributed by atoms with E-state index < -0.39 is 0 Å². The summed E-state index contributed by atoms with van der Waals surface area (Å²) in [6.45, 7) is 18.7. The van der Waals surface area contributed by atoms with Crippen molar-refractivity contribution in [3.05, 3.63) is 0 Å². The van der Waals surface area contributed by atoms with E-state index in [9.17, 15) is 0 Å². The van der Waals surface area contributed by atoms with Crippen LogP contribution in [0.2, 0.25) is 0 Å². The van der Waals surface area contributed by atoms with E-state index in [2.05, 4.69) is 53.3 Å². The van der Waals surface area contributed by atoms with Gasteiger partial charge in [-0.2, -0.15) is 11.8 Å². The summed E-state index contributed by atoms with van der Waals surface area (Å²) in [6, 6.07) is 0. The number of rotatable bonds is 3. The van der Waals surface area contributed by atoms with Gasteiger partial charge in [-0.3, -0.25) is 0 Å². The average molecular weight is 425 g/mol. The maximum absolute atomic E-state index is 2.53. The first-order valence-electron chi connectivity index (χ1n) is 13.4. The molecule has 0 heterocycles. The Morgan fingerprint density at radius 3 is 1.38 bits per heavy atom. The molecular weight excluding hydrogens is 368 g/mol. The molecule has 0 atom stereocenters. The highest BCUT2D eigenvalue weighted by atomic mass is 32.2. The van der Waals surface area contributed by atoms with E-state index in [4.69, 9.17) is 0 Å². The molecule has 174 valence electrons. The molecule has 0 amide bonds. The summed E-state index contributed by atoms with van der Waals surface area (Å²) >= 11 is 2.34. The van der Waals surface area contributed by atoms with Gasteiger partial charge in [-0.1, -0.05) is 107 Å². The Bertz CT molecular complexity index is 385. The Labute approximate surface area is 190 Å². The van der Waals surface area contributed by atoms with Crippen LogP contribution in [0.15, 0.2) is 0 Å². The first-order valence-corrected chi connectivity index (χ1v) is 14.2. The molecule has 0 radical (unpaired) electrons. The molecule has 0 saturated heterocycles. The van der Waals surface area contributed by atoms with Crippen molar-refractivity contribution in [1.29, 1.82) is 0 Å². The second-order valence-corrected chi connectivity index (χ2v) is 13.6. The minimum Gasteiger partial charge on any atom is -0.152 e. The molecule has 3 aliphatic rings. The Hall–Kier alpha value is 0.350. The third kappa shape index (κ3) is 10.5. The maximum atomic E-state index is 2.53. The van der Waals surface area contributed by atoms with Crippen LogP contribution in [0, 0.1) is 23.2 Å². The van der Waals surface area contributed by atoms with Crippen molar-refractivity contribution >= 4 is 11.8 Å². The number of hydrogen-bond acceptors (Lipinski definition) is 1. The van der Waals surface area contributed by atoms with Crippen molar-refractivity contribution in [2.24, 2.45) is 23.2 Å². The molecule has 1 heteroatoms. The predicted octanol–water partition coefficient (Wildman–Crippen LogP) is 10.3. The fourth-order valence-corrected chi connectivity index (χ4v) is 7.47. The second kappa shape index (κ2) is 13.7. The van der Waals surface area contributed by atoms with Crippen LogP contribution in [0.1, 0.15) is 145 Å². The molecule has 0 bridgehead atoms. The third-order valence-electron chi connectivity index (χ3n) is 7.85. The molecule has 29 heavy (non-hydrogen) atoms. The number of hydrogen-bond donors (Lipinski definition) is 0. The van der Waals surface area contributed by atoms with Crippen molar-refractivity contribution in [2.75, 3.05) is 0 Å². The molecule has 3 aliphatic carbocycles. The Kier molecular flexibility index (Phi) is 12.9. The first kappa shape index (κ1) is 27.4. The normalized spacial score (nSPS) is 27.3. The van der Waals surface area contributed by atoms with Crippen LogP contribution < -0.4 is 0 Å². The quantitative estimate of drug-likeness (QED) is 0.434. The third-order valence-corrected chi connectivity index (χ3v) is 9.60. The van der Waals surface area contributed by atoms with Gasteiger partial charge < -0.3 is 0 Å². The lowest BCUT2D eigenvalue weighted by molar-refractivity contribution is 0.182. The molecular formula is C28H56S. The molecule has 3 saturated carbocycles. The maximum Gasteiger partial charge on any atom is 0.0134 e. The van der Waals surface area contributed by atoms with Crippen LogP contribution in [0.5, 0.6) is 0 Å². The molecule has 0 N–H and O–H groups in total. The van der Waals surface area contributed by atoms with E-state index in [-0.39, 0.29) is 0 Å². The molecule has 0 aromatic rings. The minimum absolute atomic E-state index is 0.514. The van der Waals surface area contributed by atoms with Crippen molar-refractivity contribution in [2.45, 2.75) is 155 Å². The van der Waals surface area contributed by atoms with Gasteiger partial charge in [0.15, 0.2) is 0 Å². The zero-order valence-corrected chi connectivity index (χ0v) is 22.4. The highest BCUT2D eigenvalue weighted by Gasteiger charge is 2.36. The summed E-state index contributed by atoms with van der Waals surface area (Å²) in [4.78, 5) is 0. The van der Waals surface area contributed by atoms with Crippen LogP contribution >= 0.6 is 11.8 Å². The van der Waals surface area contributed by atoms with Gasteiger partial charge >= 0.3 is 0 Å². The van der Waals surface area contributed by atoms with Gasteiger partial charge in [0.05, 0.1) is 0 Å². The summed E-state index contributed by atoms with van der Waals surface area (Å²) in [5.41, 5.74) is 0.522. The van der Waals surface area contributed by atoms with E-state index in [0.717, 1.165) is 23.0 Å². The van der Waals surface area contributed by atoms with Gasteiger partial charge in [-0.25, -0.2) is 0 Å². The van der Waals surface area contributed by atoms with Crippen LogP contribution in [-0.4, -0.2) is 10.00 Å². The topological polar surface area (TPSA) is 0 Å². The van der Waals surface area contributed by atoms with Crippen LogP contribution in [0.25, 0.3) is 0 Å². The van der Waals surface area contributed by atoms with Crippen molar-refractivity contribution < 1.29 is 0 Å². The van der Waals surface area contributed by atoms with Gasteiger partial charge in [0.1, 0.15) is 0 Å². The largest absolute Gasteiger partial charge is 0.152 e. The highest BCUT2D eigenvalue weighted by molar-refractivity contribution is 8.01. The van der Waals surface area contributed by atoms with Gasteiger partial charge in [-0.05, 0) is 61.7 Å². The molecule has 0 aliphatic heterocycles. The number of thioether (sulfide) groups is 1. The van der Waals surface area contributed by atoms with E-state index in [1.165, 1.54) is 89.9 Å². The monoisotopic (exact) mass is 424 g/mol. The lowest BCUT2D eigenvalue weighted by Gasteiger charge is -2.42. The zero-order chi connectivity index (χ0) is 21.9. The SMILES string of the molecule is CC.CC(C)(C)C1CCC(SC(C)(C)C2CCCCC2)CC1.CC1CCCCC1. The molecule has 0 spiro atoms. The standard InChI is InChI=1S/C19H36S.C7H14.C2H6/c1-18(2,3)15-11-13-17(14-12-15)20-19(4,5)16-9-7-6-8-10-16;1-7-5-3-2-4-6-7;1-2/h15-17H,6-14H2,1-5H3;7H,2-6H2,1H3;1-2H3. The van der Waals surface area contributed by atoms with E-state index >= 15 is 0 Å². The van der Waals surface area contributed by atoms with Crippen molar-refractivity contribution in [1.82, 2.24) is 0 Å². The smallest absolute Gasteiger partial charge is 0.0134 e. The van der Waals surface area contributed by atoms with Crippen molar-refractivity contribution in [3.63, 3.8) is 0 Å². The van der Waals surface area contributed by atoms with E-state index in [0.29, 0.717) is 10.2 Å². The molecule has 0 unspecified atom stereocenters. The van der Waals surface area contributed by atoms with Crippen LogP contribution in [0.4, 0.5) is 0 Å². The van der Waals surface area contributed by atoms with Crippen LogP contribution in [-0.2, 0) is 0 Å². The van der Waals surface area contributed by atoms with Gasteiger partial charge in [0.25, 0.3) is 0 Å². The molecule has 0 nitrogen and oxygen atoms in total. The average Bonchev–Trinajstić information content (AvgIpc) is 2.71. The van der Waals surface area contributed by atoms with Crippen LogP contribution in [0.3, 0.4) is 0 Å². The molecule has 0 aromatic heterocycles. The zero-order valence-electron chi connectivity index (χ0n) is 21.6. The second-order valence-electron chi connectivity index (χ2n) is 11.6. The fourth-order valence-electron chi connectivity index (χ4n) is 5.68. The van der Waals surface area contributed by atoms with E-state index in [1.807, 2.05) is 13.8 Å². The lowest BCUT2D eigenvalue weighted by Crippen LogP contribution is -2.34.